The molecule has 0 aromatic heterocycles. The molecule has 0 spiro atoms. The summed E-state index contributed by atoms with van der Waals surface area (Å²) in [6.07, 6.45) is 10.5. The molecule has 3 heteroatoms. The van der Waals surface area contributed by atoms with Crippen LogP contribution >= 0.6 is 24.8 Å². The number of hydrogen-bond donors (Lipinski definition) is 0. The zero-order chi connectivity index (χ0) is 13.4. The summed E-state index contributed by atoms with van der Waals surface area (Å²) >= 11 is 1.30. The van der Waals surface area contributed by atoms with Crippen LogP contribution in [-0.2, 0) is 24.2 Å². The molecule has 0 aliphatic heterocycles. The Hall–Kier alpha value is 0.293. The molecule has 0 saturated heterocycles. The van der Waals surface area contributed by atoms with E-state index in [-0.39, 0.29) is 24.8 Å². The van der Waals surface area contributed by atoms with Crippen molar-refractivity contribution in [3.05, 3.63) is 46.1 Å². The van der Waals surface area contributed by atoms with Crippen molar-refractivity contribution in [3.63, 3.8) is 0 Å². The van der Waals surface area contributed by atoms with Gasteiger partial charge in [-0.3, -0.25) is 12.2 Å². The Bertz CT molecular complexity index is 382. The molecule has 0 heterocycles. The van der Waals surface area contributed by atoms with Crippen LogP contribution in [0.4, 0.5) is 0 Å². The van der Waals surface area contributed by atoms with Crippen LogP contribution in [0.1, 0.15) is 47.5 Å². The molecular formula is C16H24Cl2Zr. The van der Waals surface area contributed by atoms with Gasteiger partial charge in [0.2, 0.25) is 0 Å². The Labute approximate surface area is 146 Å². The van der Waals surface area contributed by atoms with Crippen molar-refractivity contribution in [1.82, 2.24) is 0 Å². The second-order valence-electron chi connectivity index (χ2n) is 4.37. The van der Waals surface area contributed by atoms with Crippen molar-refractivity contribution in [2.45, 2.75) is 47.5 Å². The Kier molecular flexibility index (Phi) is 17.0. The van der Waals surface area contributed by atoms with Crippen LogP contribution in [0.5, 0.6) is 0 Å². The zero-order valence-corrected chi connectivity index (χ0v) is 16.6. The van der Waals surface area contributed by atoms with Crippen LogP contribution in [0, 0.1) is 12.2 Å². The van der Waals surface area contributed by atoms with Crippen molar-refractivity contribution < 1.29 is 24.2 Å². The monoisotopic (exact) mass is 376 g/mol. The quantitative estimate of drug-likeness (QED) is 0.497. The average molecular weight is 378 g/mol. The molecule has 19 heavy (non-hydrogen) atoms. The van der Waals surface area contributed by atoms with Crippen molar-refractivity contribution in [1.29, 1.82) is 0 Å². The Morgan fingerprint density at radius 1 is 0.947 bits per heavy atom. The minimum atomic E-state index is 0. The number of hydrogen-bond acceptors (Lipinski definition) is 0. The van der Waals surface area contributed by atoms with Crippen LogP contribution in [0.15, 0.2) is 33.9 Å². The summed E-state index contributed by atoms with van der Waals surface area (Å²) < 4.78 is 3.34. The second kappa shape index (κ2) is 13.3. The van der Waals surface area contributed by atoms with E-state index >= 15 is 0 Å². The molecule has 0 saturated carbocycles. The van der Waals surface area contributed by atoms with E-state index in [1.165, 1.54) is 52.1 Å². The number of halogens is 2. The van der Waals surface area contributed by atoms with Crippen molar-refractivity contribution in [2.24, 2.45) is 0 Å². The maximum atomic E-state index is 3.34. The van der Waals surface area contributed by atoms with E-state index in [0.29, 0.717) is 0 Å². The van der Waals surface area contributed by atoms with Crippen LogP contribution in [0.3, 0.4) is 0 Å². The summed E-state index contributed by atoms with van der Waals surface area (Å²) in [5.41, 5.74) is 7.09. The predicted molar refractivity (Wildman–Crippen MR) is 87.8 cm³/mol. The third-order valence-corrected chi connectivity index (χ3v) is 3.18. The summed E-state index contributed by atoms with van der Waals surface area (Å²) in [5.74, 6) is 0. The van der Waals surface area contributed by atoms with Gasteiger partial charge in [0, 0.05) is 0 Å². The Morgan fingerprint density at radius 2 is 1.47 bits per heavy atom. The van der Waals surface area contributed by atoms with Gasteiger partial charge in [0.15, 0.2) is 0 Å². The van der Waals surface area contributed by atoms with Gasteiger partial charge in [-0.1, -0.05) is 20.8 Å². The van der Waals surface area contributed by atoms with Gasteiger partial charge in [-0.25, -0.2) is 17.2 Å². The first kappa shape index (κ1) is 24.3. The van der Waals surface area contributed by atoms with Gasteiger partial charge in [0.1, 0.15) is 0 Å². The average Bonchev–Trinajstić information content (AvgIpc) is 2.84. The molecule has 0 unspecified atom stereocenters. The molecule has 0 aromatic rings. The fourth-order valence-corrected chi connectivity index (χ4v) is 1.47. The van der Waals surface area contributed by atoms with Gasteiger partial charge in [0.05, 0.1) is 0 Å². The SMILES string of the molecule is CC1=C(C)C[C-]=C1.CC1=[C-]CC(C)=C1C.Cl.Cl.[CH2]=[Zr+2]. The predicted octanol–water partition coefficient (Wildman–Crippen LogP) is 5.37. The minimum absolute atomic E-state index is 0. The molecule has 2 rings (SSSR count). The molecule has 0 N–H and O–H groups in total. The van der Waals surface area contributed by atoms with Gasteiger partial charge in [0.25, 0.3) is 0 Å². The second-order valence-corrected chi connectivity index (χ2v) is 4.37. The molecule has 0 amide bonds. The van der Waals surface area contributed by atoms with Crippen molar-refractivity contribution >= 4 is 29.0 Å². The van der Waals surface area contributed by atoms with E-state index < -0.39 is 0 Å². The molecule has 0 aromatic carbocycles. The summed E-state index contributed by atoms with van der Waals surface area (Å²) in [7, 11) is 0. The molecule has 2 aliphatic rings. The van der Waals surface area contributed by atoms with Gasteiger partial charge in [-0.15, -0.1) is 51.5 Å². The zero-order valence-electron chi connectivity index (χ0n) is 12.5. The third-order valence-electron chi connectivity index (χ3n) is 3.18. The van der Waals surface area contributed by atoms with Gasteiger partial charge >= 0.3 is 28.4 Å². The molecular weight excluding hydrogens is 354 g/mol. The number of rotatable bonds is 0. The Balaban J connectivity index is -0.000000219. The fraction of sp³-hybridized carbons (Fsp3) is 0.438. The normalized spacial score (nSPS) is 15.6. The van der Waals surface area contributed by atoms with Crippen molar-refractivity contribution in [3.8, 4) is 0 Å². The van der Waals surface area contributed by atoms with Gasteiger partial charge in [-0.05, 0) is 0 Å². The van der Waals surface area contributed by atoms with Crippen LogP contribution < -0.4 is 0 Å². The molecule has 0 bridgehead atoms. The summed E-state index contributed by atoms with van der Waals surface area (Å²) in [5, 5.41) is 0. The molecule has 0 radical (unpaired) electrons. The van der Waals surface area contributed by atoms with Crippen LogP contribution in [0.25, 0.3) is 0 Å². The standard InChI is InChI=1S/C8H11.C7H9.CH2.2ClH.Zr/c1-6-4-5-7(2)8(6)3;1-6-4-3-5-7(6)2;;;;/h4H2,1-3H3;4H,5H2,1-2H3;1H2;2*1H;/q2*-1;;;;+2. The Morgan fingerprint density at radius 3 is 1.58 bits per heavy atom. The van der Waals surface area contributed by atoms with E-state index in [1.54, 1.807) is 0 Å². The third kappa shape index (κ3) is 8.95. The molecule has 106 valence electrons. The first-order valence-corrected chi connectivity index (χ1v) is 7.58. The maximum absolute atomic E-state index is 3.34. The number of allylic oxidation sites excluding steroid dienone is 8. The molecule has 0 nitrogen and oxygen atoms in total. The summed E-state index contributed by atoms with van der Waals surface area (Å²) in [4.78, 5) is 0. The van der Waals surface area contributed by atoms with E-state index in [4.69, 9.17) is 0 Å². The first-order chi connectivity index (χ1) is 8.02. The van der Waals surface area contributed by atoms with Gasteiger partial charge < -0.3 is 0 Å². The van der Waals surface area contributed by atoms with E-state index in [0.717, 1.165) is 12.8 Å². The van der Waals surface area contributed by atoms with Crippen LogP contribution in [-0.4, -0.2) is 4.21 Å². The first-order valence-electron chi connectivity index (χ1n) is 5.85. The summed E-state index contributed by atoms with van der Waals surface area (Å²) in [6.45, 7) is 10.7. The van der Waals surface area contributed by atoms with E-state index in [2.05, 4.69) is 57.1 Å². The summed E-state index contributed by atoms with van der Waals surface area (Å²) in [6, 6.07) is 0. The van der Waals surface area contributed by atoms with Crippen molar-refractivity contribution in [2.75, 3.05) is 0 Å². The van der Waals surface area contributed by atoms with E-state index in [1.807, 2.05) is 0 Å². The van der Waals surface area contributed by atoms with E-state index in [9.17, 15) is 0 Å². The topological polar surface area (TPSA) is 0 Å². The fourth-order valence-electron chi connectivity index (χ4n) is 1.47. The van der Waals surface area contributed by atoms with Gasteiger partial charge in [-0.2, -0.15) is 16.7 Å². The molecule has 0 atom stereocenters. The molecule has 0 fully saturated rings. The molecule has 2 aliphatic carbocycles. The van der Waals surface area contributed by atoms with Crippen LogP contribution in [0.2, 0.25) is 0 Å².